The summed E-state index contributed by atoms with van der Waals surface area (Å²) in [5.41, 5.74) is 10.0. The minimum atomic E-state index is -0.0221. The maximum absolute atomic E-state index is 6.08. The zero-order valence-electron chi connectivity index (χ0n) is 8.83. The Morgan fingerprint density at radius 2 is 2.20 bits per heavy atom. The highest BCUT2D eigenvalue weighted by Crippen LogP contribution is 2.30. The first-order valence-corrected chi connectivity index (χ1v) is 5.34. The number of aryl methyl sites for hydroxylation is 1. The van der Waals surface area contributed by atoms with E-state index < -0.39 is 0 Å². The Bertz CT molecular complexity index is 513. The van der Waals surface area contributed by atoms with E-state index in [2.05, 4.69) is 41.2 Å². The lowest BCUT2D eigenvalue weighted by Crippen LogP contribution is -2.36. The highest BCUT2D eigenvalue weighted by Gasteiger charge is 2.22. The zero-order valence-corrected chi connectivity index (χ0v) is 8.83. The van der Waals surface area contributed by atoms with E-state index in [0.717, 1.165) is 13.0 Å². The summed E-state index contributed by atoms with van der Waals surface area (Å²) in [7, 11) is 2.09. The van der Waals surface area contributed by atoms with Crippen LogP contribution in [-0.4, -0.2) is 11.1 Å². The average molecular weight is 201 g/mol. The number of benzene rings is 1. The molecule has 3 heteroatoms. The molecule has 0 aliphatic carbocycles. The summed E-state index contributed by atoms with van der Waals surface area (Å²) < 4.78 is 2.21. The van der Waals surface area contributed by atoms with Crippen LogP contribution < -0.4 is 11.1 Å². The Balaban J connectivity index is 2.40. The number of nitrogens with zero attached hydrogens (tertiary/aromatic N) is 1. The summed E-state index contributed by atoms with van der Waals surface area (Å²) in [6.07, 6.45) is 1.05. The summed E-state index contributed by atoms with van der Waals surface area (Å²) in [5.74, 6) is 0. The molecule has 1 aliphatic heterocycles. The van der Waals surface area contributed by atoms with E-state index in [1.807, 2.05) is 0 Å². The normalized spacial score (nSPS) is 20.5. The van der Waals surface area contributed by atoms with Gasteiger partial charge in [0.05, 0.1) is 11.9 Å². The number of hydrogen-bond donors (Lipinski definition) is 2. The molecule has 2 aromatic rings. The molecule has 3 rings (SSSR count). The van der Waals surface area contributed by atoms with Crippen LogP contribution in [0.1, 0.15) is 17.4 Å². The molecule has 0 radical (unpaired) electrons. The van der Waals surface area contributed by atoms with Gasteiger partial charge >= 0.3 is 0 Å². The first kappa shape index (κ1) is 8.95. The van der Waals surface area contributed by atoms with E-state index in [1.54, 1.807) is 0 Å². The molecule has 0 spiro atoms. The maximum atomic E-state index is 6.08. The molecule has 1 aromatic carbocycles. The van der Waals surface area contributed by atoms with Gasteiger partial charge in [-0.2, -0.15) is 0 Å². The van der Waals surface area contributed by atoms with E-state index in [0.29, 0.717) is 0 Å². The third-order valence-electron chi connectivity index (χ3n) is 3.29. The number of nitrogens with one attached hydrogen (secondary N) is 1. The minimum Gasteiger partial charge on any atom is -0.345 e. The Morgan fingerprint density at radius 3 is 3.07 bits per heavy atom. The van der Waals surface area contributed by atoms with Gasteiger partial charge in [-0.3, -0.25) is 5.32 Å². The molecule has 2 heterocycles. The topological polar surface area (TPSA) is 43.0 Å². The molecule has 1 atom stereocenters. The van der Waals surface area contributed by atoms with Crippen LogP contribution in [0.4, 0.5) is 0 Å². The fraction of sp³-hybridized carbons (Fsp3) is 0.333. The quantitative estimate of drug-likeness (QED) is 0.674. The van der Waals surface area contributed by atoms with Crippen molar-refractivity contribution in [3.05, 3.63) is 35.5 Å². The highest BCUT2D eigenvalue weighted by atomic mass is 15.1. The molecule has 3 nitrogen and oxygen atoms in total. The van der Waals surface area contributed by atoms with Crippen LogP contribution >= 0.6 is 0 Å². The standard InChI is InChI=1S/C12H15N3/c1-15-10-5-3-2-4-8(10)9-6-7-14-12(13)11(9)15/h2-5,12,14H,6-7,13H2,1H3. The number of fused-ring (bicyclic) bond motifs is 3. The Hall–Kier alpha value is -1.32. The van der Waals surface area contributed by atoms with Gasteiger partial charge in [0.2, 0.25) is 0 Å². The van der Waals surface area contributed by atoms with Crippen molar-refractivity contribution in [2.24, 2.45) is 12.8 Å². The number of nitrogens with two attached hydrogens (primary N) is 1. The van der Waals surface area contributed by atoms with Crippen LogP contribution in [0.25, 0.3) is 10.9 Å². The molecule has 1 aromatic heterocycles. The maximum Gasteiger partial charge on any atom is 0.0968 e. The van der Waals surface area contributed by atoms with E-state index >= 15 is 0 Å². The summed E-state index contributed by atoms with van der Waals surface area (Å²) >= 11 is 0. The number of aromatic nitrogens is 1. The van der Waals surface area contributed by atoms with Crippen LogP contribution in [0.2, 0.25) is 0 Å². The molecule has 0 saturated heterocycles. The monoisotopic (exact) mass is 201 g/mol. The van der Waals surface area contributed by atoms with Crippen LogP contribution in [0.3, 0.4) is 0 Å². The average Bonchev–Trinajstić information content (AvgIpc) is 2.55. The van der Waals surface area contributed by atoms with Crippen molar-refractivity contribution in [3.63, 3.8) is 0 Å². The van der Waals surface area contributed by atoms with Gasteiger partial charge in [-0.1, -0.05) is 18.2 Å². The van der Waals surface area contributed by atoms with Crippen molar-refractivity contribution in [1.82, 2.24) is 9.88 Å². The predicted octanol–water partition coefficient (Wildman–Crippen LogP) is 1.28. The van der Waals surface area contributed by atoms with Crippen LogP contribution in [0.15, 0.2) is 24.3 Å². The first-order chi connectivity index (χ1) is 7.29. The molecule has 0 amide bonds. The second-order valence-electron chi connectivity index (χ2n) is 4.12. The fourth-order valence-electron chi connectivity index (χ4n) is 2.60. The number of para-hydroxylation sites is 1. The molecule has 3 N–H and O–H groups in total. The lowest BCUT2D eigenvalue weighted by Gasteiger charge is -2.22. The number of rotatable bonds is 0. The molecule has 0 bridgehead atoms. The Morgan fingerprint density at radius 1 is 1.40 bits per heavy atom. The largest absolute Gasteiger partial charge is 0.345 e. The highest BCUT2D eigenvalue weighted by molar-refractivity contribution is 5.86. The van der Waals surface area contributed by atoms with Crippen molar-refractivity contribution in [3.8, 4) is 0 Å². The molecular formula is C12H15N3. The van der Waals surface area contributed by atoms with Crippen molar-refractivity contribution in [2.75, 3.05) is 6.54 Å². The Labute approximate surface area is 88.9 Å². The predicted molar refractivity (Wildman–Crippen MR) is 61.6 cm³/mol. The second kappa shape index (κ2) is 3.08. The molecule has 1 aliphatic rings. The van der Waals surface area contributed by atoms with Crippen molar-refractivity contribution in [2.45, 2.75) is 12.6 Å². The van der Waals surface area contributed by atoms with Gasteiger partial charge in [-0.25, -0.2) is 0 Å². The smallest absolute Gasteiger partial charge is 0.0968 e. The van der Waals surface area contributed by atoms with Gasteiger partial charge in [-0.05, 0) is 18.1 Å². The third kappa shape index (κ3) is 1.14. The second-order valence-corrected chi connectivity index (χ2v) is 4.12. The lowest BCUT2D eigenvalue weighted by atomic mass is 10.0. The molecule has 0 saturated carbocycles. The van der Waals surface area contributed by atoms with Gasteiger partial charge in [0.15, 0.2) is 0 Å². The van der Waals surface area contributed by atoms with Crippen molar-refractivity contribution >= 4 is 10.9 Å². The Kier molecular flexibility index (Phi) is 1.84. The molecule has 15 heavy (non-hydrogen) atoms. The fourth-order valence-corrected chi connectivity index (χ4v) is 2.60. The van der Waals surface area contributed by atoms with E-state index in [-0.39, 0.29) is 6.17 Å². The molecule has 1 unspecified atom stereocenters. The van der Waals surface area contributed by atoms with Gasteiger partial charge < -0.3 is 10.3 Å². The minimum absolute atomic E-state index is 0.0221. The molecule has 0 fully saturated rings. The zero-order chi connectivity index (χ0) is 10.4. The van der Waals surface area contributed by atoms with E-state index in [4.69, 9.17) is 5.73 Å². The van der Waals surface area contributed by atoms with Gasteiger partial charge in [0, 0.05) is 24.5 Å². The van der Waals surface area contributed by atoms with Crippen LogP contribution in [0.5, 0.6) is 0 Å². The number of hydrogen-bond acceptors (Lipinski definition) is 2. The van der Waals surface area contributed by atoms with Gasteiger partial charge in [0.1, 0.15) is 0 Å². The van der Waals surface area contributed by atoms with Crippen LogP contribution in [0, 0.1) is 0 Å². The lowest BCUT2D eigenvalue weighted by molar-refractivity contribution is 0.497. The third-order valence-corrected chi connectivity index (χ3v) is 3.29. The van der Waals surface area contributed by atoms with Crippen molar-refractivity contribution in [1.29, 1.82) is 0 Å². The summed E-state index contributed by atoms with van der Waals surface area (Å²) in [4.78, 5) is 0. The van der Waals surface area contributed by atoms with Gasteiger partial charge in [0.25, 0.3) is 0 Å². The van der Waals surface area contributed by atoms with E-state index in [1.165, 1.54) is 22.2 Å². The first-order valence-electron chi connectivity index (χ1n) is 5.34. The van der Waals surface area contributed by atoms with Crippen molar-refractivity contribution < 1.29 is 0 Å². The van der Waals surface area contributed by atoms with Gasteiger partial charge in [-0.15, -0.1) is 0 Å². The van der Waals surface area contributed by atoms with Crippen LogP contribution in [-0.2, 0) is 13.5 Å². The molecule has 78 valence electrons. The summed E-state index contributed by atoms with van der Waals surface area (Å²) in [5, 5.41) is 4.65. The summed E-state index contributed by atoms with van der Waals surface area (Å²) in [6.45, 7) is 0.974. The molecular weight excluding hydrogens is 186 g/mol. The summed E-state index contributed by atoms with van der Waals surface area (Å²) in [6, 6.07) is 8.51. The SMILES string of the molecule is Cn1c2c(c3ccccc31)CCNC2N. The van der Waals surface area contributed by atoms with E-state index in [9.17, 15) is 0 Å².